The number of nitrogens with zero attached hydrogens (tertiary/aromatic N) is 5. The van der Waals surface area contributed by atoms with Gasteiger partial charge in [0.1, 0.15) is 11.5 Å². The van der Waals surface area contributed by atoms with Crippen molar-refractivity contribution in [3.8, 4) is 55.8 Å². The molecule has 11 aromatic rings. The van der Waals surface area contributed by atoms with Crippen LogP contribution in [-0.2, 0) is 117 Å². The van der Waals surface area contributed by atoms with Crippen LogP contribution in [0.5, 0.6) is 0 Å². The molecule has 0 saturated heterocycles. The van der Waals surface area contributed by atoms with Gasteiger partial charge in [0.2, 0.25) is 0 Å². The largest absolute Gasteiger partial charge is 0.512 e. The third-order valence-corrected chi connectivity index (χ3v) is 10.6. The number of benzene rings is 5. The van der Waals surface area contributed by atoms with Gasteiger partial charge in [-0.3, -0.25) is 14.6 Å². The number of carbonyl (C=O) groups excluding carboxylic acids is 2. The van der Waals surface area contributed by atoms with E-state index >= 15 is 0 Å². The number of pyridine rings is 4. The van der Waals surface area contributed by atoms with Crippen molar-refractivity contribution >= 4 is 34.0 Å². The minimum atomic E-state index is -4.32. The van der Waals surface area contributed by atoms with Crippen molar-refractivity contribution in [2.24, 2.45) is 0 Å². The number of aliphatic hydroxyl groups is 2. The first-order chi connectivity index (χ1) is 38.7. The number of carbonyl (C=O) groups is 2. The van der Waals surface area contributed by atoms with Crippen LogP contribution in [0.2, 0.25) is 0 Å². The molecule has 0 aliphatic carbocycles. The first-order valence-electron chi connectivity index (χ1n) is 24.4. The van der Waals surface area contributed by atoms with Crippen molar-refractivity contribution in [3.63, 3.8) is 0 Å². The topological polar surface area (TPSA) is 152 Å². The molecule has 450 valence electrons. The number of allylic oxidation sites excluding steroid dienone is 4. The third-order valence-electron chi connectivity index (χ3n) is 9.80. The number of hydrogen-bond donors (Lipinski definition) is 2. The summed E-state index contributed by atoms with van der Waals surface area (Å²) in [6.07, 6.45) is 4.97. The van der Waals surface area contributed by atoms with Crippen molar-refractivity contribution in [1.29, 1.82) is 0 Å². The zero-order chi connectivity index (χ0) is 57.4. The molecule has 0 unspecified atom stereocenters. The summed E-state index contributed by atoms with van der Waals surface area (Å²) in [6, 6.07) is 74.2. The van der Waals surface area contributed by atoms with Crippen LogP contribution in [0, 0.1) is 30.3 Å². The molecule has 0 bridgehead atoms. The average molecular weight is 2050 g/mol. The number of fused-ring (bicyclic) bond motifs is 1. The van der Waals surface area contributed by atoms with Crippen molar-refractivity contribution < 1.29 is 139 Å². The molecule has 4 radical (unpaired) electrons. The summed E-state index contributed by atoms with van der Waals surface area (Å²) in [7, 11) is 0. The maximum Gasteiger partial charge on any atom is 0.381 e. The Morgan fingerprint density at radius 3 is 1.20 bits per heavy atom. The fourth-order valence-electron chi connectivity index (χ4n) is 6.41. The molecule has 6 heterocycles. The summed E-state index contributed by atoms with van der Waals surface area (Å²) in [4.78, 5) is 42.2. The maximum absolute atomic E-state index is 12.3. The second-order valence-corrected chi connectivity index (χ2v) is 17.3. The van der Waals surface area contributed by atoms with E-state index in [1.807, 2.05) is 163 Å². The molecule has 6 aromatic heterocycles. The number of halogens is 3. The second-order valence-electron chi connectivity index (χ2n) is 16.4. The van der Waals surface area contributed by atoms with Crippen molar-refractivity contribution in [2.75, 3.05) is 0 Å². The normalized spacial score (nSPS) is 9.92. The van der Waals surface area contributed by atoms with Crippen molar-refractivity contribution in [1.82, 2.24) is 24.9 Å². The summed E-state index contributed by atoms with van der Waals surface area (Å²) in [5, 5.41) is 18.7. The minimum absolute atomic E-state index is 0. The van der Waals surface area contributed by atoms with E-state index in [2.05, 4.69) is 55.3 Å². The molecule has 0 amide bonds. The Bertz CT molecular complexity index is 3350. The molecule has 0 atom stereocenters. The summed E-state index contributed by atoms with van der Waals surface area (Å²) in [5.74, 6) is 0.497. The van der Waals surface area contributed by atoms with Crippen LogP contribution in [0.1, 0.15) is 33.3 Å². The van der Waals surface area contributed by atoms with Gasteiger partial charge in [0, 0.05) is 138 Å². The van der Waals surface area contributed by atoms with E-state index in [0.29, 0.717) is 17.1 Å². The minimum Gasteiger partial charge on any atom is -0.512 e. The van der Waals surface area contributed by atoms with Gasteiger partial charge in [0.15, 0.2) is 11.6 Å². The van der Waals surface area contributed by atoms with E-state index in [4.69, 9.17) is 14.6 Å². The van der Waals surface area contributed by atoms with Crippen LogP contribution in [-0.4, -0.2) is 46.7 Å². The zero-order valence-corrected chi connectivity index (χ0v) is 58.2. The van der Waals surface area contributed by atoms with E-state index < -0.39 is 11.7 Å². The first kappa shape index (κ1) is 78.4. The zero-order valence-electron chi connectivity index (χ0n) is 45.6. The Morgan fingerprint density at radius 1 is 0.482 bits per heavy atom. The van der Waals surface area contributed by atoms with Gasteiger partial charge in [-0.15, -0.1) is 137 Å². The van der Waals surface area contributed by atoms with Crippen LogP contribution in [0.15, 0.2) is 252 Å². The van der Waals surface area contributed by atoms with Gasteiger partial charge in [-0.2, -0.15) is 25.3 Å². The van der Waals surface area contributed by atoms with Crippen molar-refractivity contribution in [3.05, 3.63) is 284 Å². The van der Waals surface area contributed by atoms with Crippen LogP contribution >= 0.6 is 11.3 Å². The molecular weight excluding hydrogens is 2000 g/mol. The Morgan fingerprint density at radius 2 is 0.882 bits per heavy atom. The van der Waals surface area contributed by atoms with Gasteiger partial charge in [-0.1, -0.05) is 71.1 Å². The number of ketones is 2. The molecule has 10 nitrogen and oxygen atoms in total. The van der Waals surface area contributed by atoms with E-state index in [9.17, 15) is 22.8 Å². The molecule has 19 heteroatoms. The number of aromatic nitrogens is 5. The molecular formula is C66H53F3Ir4N5O5PtS-5. The Balaban J connectivity index is 0.000000976. The maximum atomic E-state index is 12.3. The smallest absolute Gasteiger partial charge is 0.381 e. The molecule has 0 aliphatic heterocycles. The van der Waals surface area contributed by atoms with E-state index in [1.54, 1.807) is 54.3 Å². The van der Waals surface area contributed by atoms with Gasteiger partial charge >= 0.3 is 6.18 Å². The molecule has 2 N–H and O–H groups in total. The molecule has 5 aromatic carbocycles. The molecule has 0 fully saturated rings. The molecule has 11 rings (SSSR count). The Hall–Kier alpha value is -6.63. The van der Waals surface area contributed by atoms with Crippen LogP contribution in [0.4, 0.5) is 13.2 Å². The molecule has 0 spiro atoms. The number of aliphatic hydroxyl groups excluding tert-OH is 2. The number of hydrogen-bond acceptors (Lipinski definition) is 11. The quantitative estimate of drug-likeness (QED) is 0.0896. The van der Waals surface area contributed by atoms with Crippen LogP contribution < -0.4 is 0 Å². The van der Waals surface area contributed by atoms with Gasteiger partial charge in [0.05, 0.1) is 17.0 Å². The summed E-state index contributed by atoms with van der Waals surface area (Å²) in [5.41, 5.74) is 8.05. The number of alkyl halides is 3. The van der Waals surface area contributed by atoms with Crippen molar-refractivity contribution in [2.45, 2.75) is 33.9 Å². The van der Waals surface area contributed by atoms with Gasteiger partial charge in [-0.25, -0.2) is 11.3 Å². The fourth-order valence-corrected chi connectivity index (χ4v) is 7.06. The SMILES string of the molecule is CC(=O)C=C(C)O.CC(=O)C=C(C)O.FC(F)(F)c1c[c-]c(-c2ccccn2)cc1.[Ir].[Ir].[Ir].[Ir].[Pt].[c-]1ccccc1-c1ccccn1.[c-]1ccccc1-c1ccccn1.[c-]1ccccc1-c1nc2ccccc2o1.[c-]1ccsc1-c1ccccn1. The van der Waals surface area contributed by atoms with Gasteiger partial charge < -0.3 is 34.6 Å². The molecule has 0 saturated carbocycles. The summed E-state index contributed by atoms with van der Waals surface area (Å²) >= 11 is 1.66. The number of para-hydroxylation sites is 2. The average Bonchev–Trinajstić information content (AvgIpc) is 4.20. The monoisotopic (exact) mass is 2050 g/mol. The van der Waals surface area contributed by atoms with E-state index in [1.165, 1.54) is 45.9 Å². The molecule has 0 aliphatic rings. The second kappa shape index (κ2) is 43.9. The fraction of sp³-hybridized carbons (Fsp3) is 0.0758. The third kappa shape index (κ3) is 30.8. The number of thiophene rings is 1. The summed E-state index contributed by atoms with van der Waals surface area (Å²) in [6.45, 7) is 5.70. The standard InChI is InChI=1S/C13H8NO.C12H7F3N.2C11H8N.C9H6NS.2C5H8O2.4Ir.Pt/c1-2-6-10(7-3-1)13-14-11-8-4-5-9-12(11)15-13;13-12(14,15)10-6-4-9(5-7-10)11-3-1-2-8-16-11;2*1-2-6-10(7-3-1)11-8-4-5-9-12-11;1-2-6-10-8(4-1)9-5-3-7-11-9;2*1-4(6)3-5(2)7;;;;;/h1-6,8-9H;1-4,6-8H;2*1-6,8-9H;1-4,6-7H;2*3,6H,1-2H3;;;;;/q5*-1;;;;;;;. The number of oxazole rings is 1. The molecule has 85 heavy (non-hydrogen) atoms. The Labute approximate surface area is 566 Å². The Kier molecular flexibility index (Phi) is 40.5. The van der Waals surface area contributed by atoms with Gasteiger partial charge in [0.25, 0.3) is 0 Å². The van der Waals surface area contributed by atoms with Gasteiger partial charge in [-0.05, 0) is 92.4 Å². The predicted octanol–water partition coefficient (Wildman–Crippen LogP) is 16.6. The van der Waals surface area contributed by atoms with E-state index in [-0.39, 0.29) is 125 Å². The van der Waals surface area contributed by atoms with Crippen LogP contribution in [0.25, 0.3) is 66.9 Å². The number of rotatable bonds is 7. The van der Waals surface area contributed by atoms with Crippen LogP contribution in [0.3, 0.4) is 0 Å². The van der Waals surface area contributed by atoms with E-state index in [0.717, 1.165) is 61.9 Å². The predicted molar refractivity (Wildman–Crippen MR) is 309 cm³/mol. The first-order valence-corrected chi connectivity index (χ1v) is 25.3. The summed E-state index contributed by atoms with van der Waals surface area (Å²) < 4.78 is 42.5.